The zero-order valence-electron chi connectivity index (χ0n) is 17.8. The quantitative estimate of drug-likeness (QED) is 0.208. The van der Waals surface area contributed by atoms with Crippen LogP contribution in [0.2, 0.25) is 5.02 Å². The van der Waals surface area contributed by atoms with E-state index in [1.807, 2.05) is 19.9 Å². The number of rotatable bonds is 9. The van der Waals surface area contributed by atoms with Gasteiger partial charge in [-0.05, 0) is 58.3 Å². The summed E-state index contributed by atoms with van der Waals surface area (Å²) in [5.74, 6) is 2.38. The fraction of sp³-hybridized carbons (Fsp3) is 0.261. The molecule has 0 aromatic heterocycles. The van der Waals surface area contributed by atoms with E-state index in [9.17, 15) is 9.59 Å². The van der Waals surface area contributed by atoms with Crippen molar-refractivity contribution < 1.29 is 19.1 Å². The van der Waals surface area contributed by atoms with Gasteiger partial charge in [0.05, 0.1) is 27.5 Å². The molecule has 2 N–H and O–H groups in total. The molecule has 0 aliphatic rings. The second-order valence-electron chi connectivity index (χ2n) is 6.94. The fourth-order valence-electron chi connectivity index (χ4n) is 2.71. The first-order chi connectivity index (χ1) is 15.3. The van der Waals surface area contributed by atoms with Gasteiger partial charge in [-0.2, -0.15) is 5.10 Å². The molecule has 2 aromatic rings. The molecule has 0 bridgehead atoms. The number of amides is 2. The van der Waals surface area contributed by atoms with Crippen molar-refractivity contribution in [2.75, 3.05) is 13.7 Å². The fourth-order valence-corrected chi connectivity index (χ4v) is 3.71. The van der Waals surface area contributed by atoms with Crippen molar-refractivity contribution >= 4 is 52.2 Å². The molecule has 0 radical (unpaired) electrons. The van der Waals surface area contributed by atoms with Gasteiger partial charge < -0.3 is 14.8 Å². The molecule has 32 heavy (non-hydrogen) atoms. The second-order valence-corrected chi connectivity index (χ2v) is 8.51. The highest BCUT2D eigenvalue weighted by Crippen LogP contribution is 2.33. The van der Waals surface area contributed by atoms with Crippen LogP contribution in [0.5, 0.6) is 11.5 Å². The Hall–Kier alpha value is -2.77. The second kappa shape index (κ2) is 12.3. The molecule has 0 aliphatic heterocycles. The third-order valence-electron chi connectivity index (χ3n) is 4.29. The van der Waals surface area contributed by atoms with Crippen LogP contribution in [0.4, 0.5) is 0 Å². The molecular weight excluding hydrogens is 545 g/mol. The van der Waals surface area contributed by atoms with Gasteiger partial charge in [-0.1, -0.05) is 43.5 Å². The number of hydrazone groups is 1. The zero-order valence-corrected chi connectivity index (χ0v) is 20.7. The van der Waals surface area contributed by atoms with E-state index in [4.69, 9.17) is 27.5 Å². The zero-order chi connectivity index (χ0) is 23.7. The van der Waals surface area contributed by atoms with Crippen LogP contribution in [-0.2, 0) is 4.79 Å². The van der Waals surface area contributed by atoms with Crippen molar-refractivity contribution in [3.05, 3.63) is 56.1 Å². The van der Waals surface area contributed by atoms with Gasteiger partial charge in [0.1, 0.15) is 12.6 Å². The predicted octanol–water partition coefficient (Wildman–Crippen LogP) is 3.87. The summed E-state index contributed by atoms with van der Waals surface area (Å²) in [7, 11) is 1.52. The molecule has 1 atom stereocenters. The van der Waals surface area contributed by atoms with Gasteiger partial charge in [-0.25, -0.2) is 5.43 Å². The lowest BCUT2D eigenvalue weighted by Gasteiger charge is -2.20. The molecule has 0 heterocycles. The van der Waals surface area contributed by atoms with E-state index in [-0.39, 0.29) is 12.5 Å². The van der Waals surface area contributed by atoms with Crippen LogP contribution in [0.1, 0.15) is 29.8 Å². The van der Waals surface area contributed by atoms with Crippen LogP contribution in [-0.4, -0.2) is 37.8 Å². The lowest BCUT2D eigenvalue weighted by Crippen LogP contribution is -2.48. The van der Waals surface area contributed by atoms with Crippen LogP contribution in [0, 0.1) is 21.8 Å². The number of methoxy groups -OCH3 is 1. The average Bonchev–Trinajstić information content (AvgIpc) is 2.76. The number of terminal acetylenes is 1. The number of hydrogen-bond donors (Lipinski definition) is 2. The van der Waals surface area contributed by atoms with Crippen molar-refractivity contribution in [1.82, 2.24) is 10.7 Å². The van der Waals surface area contributed by atoms with Crippen molar-refractivity contribution in [3.63, 3.8) is 0 Å². The molecule has 0 saturated heterocycles. The molecule has 2 amide bonds. The maximum Gasteiger partial charge on any atom is 0.262 e. The molecule has 7 nitrogen and oxygen atoms in total. The Morgan fingerprint density at radius 3 is 2.66 bits per heavy atom. The minimum atomic E-state index is -0.801. The highest BCUT2D eigenvalue weighted by atomic mass is 127. The molecule has 168 valence electrons. The molecular formula is C23H23ClIN3O4. The van der Waals surface area contributed by atoms with Gasteiger partial charge in [0.25, 0.3) is 11.8 Å². The summed E-state index contributed by atoms with van der Waals surface area (Å²) >= 11 is 8.17. The maximum atomic E-state index is 12.7. The first-order valence-corrected chi connectivity index (χ1v) is 11.1. The summed E-state index contributed by atoms with van der Waals surface area (Å²) in [5, 5.41) is 7.04. The Morgan fingerprint density at radius 1 is 1.31 bits per heavy atom. The van der Waals surface area contributed by atoms with E-state index in [0.29, 0.717) is 27.6 Å². The Morgan fingerprint density at radius 2 is 2.03 bits per heavy atom. The number of carbonyl (C=O) groups is 2. The third kappa shape index (κ3) is 6.87. The number of hydrogen-bond acceptors (Lipinski definition) is 5. The van der Waals surface area contributed by atoms with E-state index in [1.54, 1.807) is 30.3 Å². The van der Waals surface area contributed by atoms with Crippen LogP contribution in [0.3, 0.4) is 0 Å². The molecule has 0 saturated carbocycles. The highest BCUT2D eigenvalue weighted by Gasteiger charge is 2.25. The normalized spacial score (nSPS) is 11.7. The van der Waals surface area contributed by atoms with Crippen molar-refractivity contribution in [2.45, 2.75) is 19.9 Å². The van der Waals surface area contributed by atoms with Gasteiger partial charge in [0, 0.05) is 0 Å². The first-order valence-electron chi connectivity index (χ1n) is 9.60. The minimum Gasteiger partial charge on any atom is -0.493 e. The van der Waals surface area contributed by atoms with Gasteiger partial charge in [-0.15, -0.1) is 6.42 Å². The SMILES string of the molecule is C#CCOc1c(I)cc(C=NNC(=O)C(NC(=O)c2ccccc2Cl)C(C)C)cc1OC. The lowest BCUT2D eigenvalue weighted by molar-refractivity contribution is -0.123. The summed E-state index contributed by atoms with van der Waals surface area (Å²) in [6.45, 7) is 3.76. The summed E-state index contributed by atoms with van der Waals surface area (Å²) in [6, 6.07) is 9.36. The summed E-state index contributed by atoms with van der Waals surface area (Å²) in [6.07, 6.45) is 6.72. The monoisotopic (exact) mass is 567 g/mol. The Balaban J connectivity index is 2.10. The van der Waals surface area contributed by atoms with Gasteiger partial charge in [0.2, 0.25) is 0 Å². The Bertz CT molecular complexity index is 1050. The van der Waals surface area contributed by atoms with Crippen LogP contribution in [0.25, 0.3) is 0 Å². The van der Waals surface area contributed by atoms with Gasteiger partial charge in [0.15, 0.2) is 11.5 Å². The van der Waals surface area contributed by atoms with E-state index < -0.39 is 17.9 Å². The van der Waals surface area contributed by atoms with E-state index in [2.05, 4.69) is 44.4 Å². The molecule has 0 fully saturated rings. The third-order valence-corrected chi connectivity index (χ3v) is 5.43. The van der Waals surface area contributed by atoms with Crippen molar-refractivity contribution in [2.24, 2.45) is 11.0 Å². The molecule has 9 heteroatoms. The van der Waals surface area contributed by atoms with E-state index in [1.165, 1.54) is 13.3 Å². The van der Waals surface area contributed by atoms with Crippen molar-refractivity contribution in [1.29, 1.82) is 0 Å². The number of carbonyl (C=O) groups excluding carboxylic acids is 2. The minimum absolute atomic E-state index is 0.117. The summed E-state index contributed by atoms with van der Waals surface area (Å²) in [5.41, 5.74) is 3.45. The lowest BCUT2D eigenvalue weighted by atomic mass is 10.0. The molecule has 2 rings (SSSR count). The van der Waals surface area contributed by atoms with Gasteiger partial charge >= 0.3 is 0 Å². The summed E-state index contributed by atoms with van der Waals surface area (Å²) < 4.78 is 11.6. The Kier molecular flexibility index (Phi) is 9.81. The van der Waals surface area contributed by atoms with Crippen LogP contribution in [0.15, 0.2) is 41.5 Å². The molecule has 1 unspecified atom stereocenters. The number of nitrogens with one attached hydrogen (secondary N) is 2. The molecule has 2 aromatic carbocycles. The molecule has 0 spiro atoms. The van der Waals surface area contributed by atoms with Crippen molar-refractivity contribution in [3.8, 4) is 23.8 Å². The Labute approximate surface area is 206 Å². The van der Waals surface area contributed by atoms with Crippen LogP contribution >= 0.6 is 34.2 Å². The molecule has 0 aliphatic carbocycles. The largest absolute Gasteiger partial charge is 0.493 e. The first kappa shape index (κ1) is 25.5. The number of ether oxygens (including phenoxy) is 2. The van der Waals surface area contributed by atoms with E-state index >= 15 is 0 Å². The topological polar surface area (TPSA) is 89.0 Å². The van der Waals surface area contributed by atoms with Crippen LogP contribution < -0.4 is 20.2 Å². The number of nitrogens with zero attached hydrogens (tertiary/aromatic N) is 1. The number of benzene rings is 2. The van der Waals surface area contributed by atoms with Gasteiger partial charge in [-0.3, -0.25) is 9.59 Å². The van der Waals surface area contributed by atoms with E-state index in [0.717, 1.165) is 3.57 Å². The maximum absolute atomic E-state index is 12.7. The standard InChI is InChI=1S/C23H23ClIN3O4/c1-5-10-32-21-18(25)11-15(12-19(21)31-4)13-26-28-23(30)20(14(2)3)27-22(29)16-8-6-7-9-17(16)24/h1,6-9,11-14,20H,10H2,2-4H3,(H,27,29)(H,28,30). The summed E-state index contributed by atoms with van der Waals surface area (Å²) in [4.78, 5) is 25.2. The number of halogens is 2. The average molecular weight is 568 g/mol. The smallest absolute Gasteiger partial charge is 0.262 e. The predicted molar refractivity (Wildman–Crippen MR) is 133 cm³/mol. The highest BCUT2D eigenvalue weighted by molar-refractivity contribution is 14.1.